The van der Waals surface area contributed by atoms with Gasteiger partial charge in [-0.3, -0.25) is 13.8 Å². The fourth-order valence-corrected chi connectivity index (χ4v) is 8.70. The number of phosphoric acid groups is 1. The van der Waals surface area contributed by atoms with Crippen molar-refractivity contribution in [3.63, 3.8) is 0 Å². The molecule has 0 bridgehead atoms. The minimum absolute atomic E-state index is 0.0753. The van der Waals surface area contributed by atoms with Crippen LogP contribution in [-0.2, 0) is 18.4 Å². The molecule has 0 saturated heterocycles. The van der Waals surface area contributed by atoms with E-state index in [1.54, 1.807) is 0 Å². The van der Waals surface area contributed by atoms with Crippen LogP contribution >= 0.6 is 7.82 Å². The first-order valence-corrected chi connectivity index (χ1v) is 28.2. The Hall–Kier alpha value is -1.02. The molecular weight excluding hydrogens is 792 g/mol. The molecule has 0 aromatic rings. The number of carbonyl (C=O) groups excluding carboxylic acids is 1. The number of hydrogen-bond donors (Lipinski definition) is 3. The number of nitrogens with zero attached hydrogens (tertiary/aromatic N) is 1. The van der Waals surface area contributed by atoms with Crippen LogP contribution in [-0.4, -0.2) is 73.4 Å². The van der Waals surface area contributed by atoms with Crippen LogP contribution in [0.25, 0.3) is 0 Å². The Morgan fingerprint density at radius 1 is 0.548 bits per heavy atom. The normalized spacial score (nSPS) is 14.2. The average Bonchev–Trinajstić information content (AvgIpc) is 3.23. The summed E-state index contributed by atoms with van der Waals surface area (Å²) in [7, 11) is 1.62. The fraction of sp³-hybridized carbons (Fsp3) is 0.906. The third-order valence-corrected chi connectivity index (χ3v) is 13.2. The average molecular weight is 898 g/mol. The third-order valence-electron chi connectivity index (χ3n) is 12.2. The number of rotatable bonds is 49. The van der Waals surface area contributed by atoms with Crippen LogP contribution in [0.2, 0.25) is 0 Å². The molecule has 0 aromatic carbocycles. The predicted octanol–water partition coefficient (Wildman–Crippen LogP) is 15.6. The second-order valence-corrected chi connectivity index (χ2v) is 21.1. The maximum absolute atomic E-state index is 12.9. The molecule has 8 nitrogen and oxygen atoms in total. The molecule has 0 fully saturated rings. The van der Waals surface area contributed by atoms with E-state index >= 15 is 0 Å². The highest BCUT2D eigenvalue weighted by Gasteiger charge is 2.28. The first-order chi connectivity index (χ1) is 30.0. The number of likely N-dealkylation sites (N-methyl/N-ethyl adjacent to an activating group) is 1. The Morgan fingerprint density at radius 3 is 1.32 bits per heavy atom. The van der Waals surface area contributed by atoms with Gasteiger partial charge in [-0.25, -0.2) is 4.57 Å². The second kappa shape index (κ2) is 45.1. The zero-order valence-electron chi connectivity index (χ0n) is 41.9. The van der Waals surface area contributed by atoms with Crippen LogP contribution in [0.5, 0.6) is 0 Å². The second-order valence-electron chi connectivity index (χ2n) is 19.6. The lowest BCUT2D eigenvalue weighted by atomic mass is 10.0. The Morgan fingerprint density at radius 2 is 0.919 bits per heavy atom. The minimum Gasteiger partial charge on any atom is -0.391 e. The van der Waals surface area contributed by atoms with Gasteiger partial charge < -0.3 is 19.8 Å². The fourth-order valence-electron chi connectivity index (χ4n) is 7.96. The Bertz CT molecular complexity index is 1060. The van der Waals surface area contributed by atoms with Gasteiger partial charge >= 0.3 is 7.82 Å². The number of phosphoric ester groups is 1. The molecule has 0 heterocycles. The lowest BCUT2D eigenvalue weighted by molar-refractivity contribution is -0.870. The summed E-state index contributed by atoms with van der Waals surface area (Å²) in [5.74, 6) is -0.145. The van der Waals surface area contributed by atoms with Crippen molar-refractivity contribution in [1.29, 1.82) is 0 Å². The molecule has 0 aliphatic carbocycles. The minimum atomic E-state index is -4.32. The van der Waals surface area contributed by atoms with Crippen LogP contribution < -0.4 is 5.32 Å². The first-order valence-electron chi connectivity index (χ1n) is 26.7. The quantitative estimate of drug-likeness (QED) is 0.0243. The van der Waals surface area contributed by atoms with Crippen molar-refractivity contribution in [2.24, 2.45) is 0 Å². The van der Waals surface area contributed by atoms with Gasteiger partial charge in [0.05, 0.1) is 39.9 Å². The van der Waals surface area contributed by atoms with E-state index in [-0.39, 0.29) is 19.1 Å². The van der Waals surface area contributed by atoms with E-state index < -0.39 is 20.0 Å². The van der Waals surface area contributed by atoms with Crippen LogP contribution in [0.1, 0.15) is 258 Å². The van der Waals surface area contributed by atoms with Crippen molar-refractivity contribution in [2.45, 2.75) is 270 Å². The van der Waals surface area contributed by atoms with Gasteiger partial charge in [-0.1, -0.05) is 231 Å². The zero-order chi connectivity index (χ0) is 45.7. The molecule has 1 amide bonds. The van der Waals surface area contributed by atoms with Crippen LogP contribution in [0, 0.1) is 0 Å². The number of carbonyl (C=O) groups is 1. The topological polar surface area (TPSA) is 105 Å². The smallest absolute Gasteiger partial charge is 0.391 e. The van der Waals surface area contributed by atoms with Gasteiger partial charge in [-0.2, -0.15) is 0 Å². The third kappa shape index (κ3) is 47.0. The van der Waals surface area contributed by atoms with E-state index in [1.165, 1.54) is 186 Å². The lowest BCUT2D eigenvalue weighted by Gasteiger charge is -2.26. The first kappa shape index (κ1) is 61.0. The van der Waals surface area contributed by atoms with Gasteiger partial charge in [0.25, 0.3) is 0 Å². The SMILES string of the molecule is CCCCCCCCCCC/C=C\C/C=C\CCCCCCCCCCCCCC(=O)NC(COP(=O)(O)OCC[N+](C)(C)C)C(O)CCCCCCCCCCCCCCC. The molecule has 62 heavy (non-hydrogen) atoms. The molecular formula is C53H106N2O6P+. The largest absolute Gasteiger partial charge is 0.472 e. The van der Waals surface area contributed by atoms with Gasteiger partial charge in [0.2, 0.25) is 5.91 Å². The molecule has 3 unspecified atom stereocenters. The van der Waals surface area contributed by atoms with Gasteiger partial charge in [-0.15, -0.1) is 0 Å². The Kier molecular flexibility index (Phi) is 44.4. The van der Waals surface area contributed by atoms with Gasteiger partial charge in [0.15, 0.2) is 0 Å². The van der Waals surface area contributed by atoms with Crippen LogP contribution in [0.15, 0.2) is 24.3 Å². The van der Waals surface area contributed by atoms with E-state index in [0.29, 0.717) is 23.9 Å². The maximum Gasteiger partial charge on any atom is 0.472 e. The van der Waals surface area contributed by atoms with E-state index in [0.717, 1.165) is 44.9 Å². The van der Waals surface area contributed by atoms with Crippen molar-refractivity contribution in [3.05, 3.63) is 24.3 Å². The van der Waals surface area contributed by atoms with Crippen molar-refractivity contribution in [1.82, 2.24) is 5.32 Å². The molecule has 0 rings (SSSR count). The van der Waals surface area contributed by atoms with E-state index in [1.807, 2.05) is 21.1 Å². The summed E-state index contributed by atoms with van der Waals surface area (Å²) >= 11 is 0. The van der Waals surface area contributed by atoms with E-state index in [2.05, 4.69) is 43.5 Å². The van der Waals surface area contributed by atoms with Crippen molar-refractivity contribution in [2.75, 3.05) is 40.9 Å². The molecule has 0 radical (unpaired) electrons. The van der Waals surface area contributed by atoms with Crippen LogP contribution in [0.3, 0.4) is 0 Å². The summed E-state index contributed by atoms with van der Waals surface area (Å²) < 4.78 is 23.7. The Labute approximate surface area is 385 Å². The summed E-state index contributed by atoms with van der Waals surface area (Å²) in [5.41, 5.74) is 0. The molecule has 0 aliphatic heterocycles. The van der Waals surface area contributed by atoms with Gasteiger partial charge in [0.1, 0.15) is 13.2 Å². The highest BCUT2D eigenvalue weighted by molar-refractivity contribution is 7.47. The molecule has 0 spiro atoms. The molecule has 0 aliphatic rings. The van der Waals surface area contributed by atoms with E-state index in [9.17, 15) is 19.4 Å². The van der Waals surface area contributed by atoms with Crippen molar-refractivity contribution < 1.29 is 32.9 Å². The zero-order valence-corrected chi connectivity index (χ0v) is 42.8. The molecule has 9 heteroatoms. The van der Waals surface area contributed by atoms with Crippen molar-refractivity contribution >= 4 is 13.7 Å². The maximum atomic E-state index is 12.9. The molecule has 3 N–H and O–H groups in total. The van der Waals surface area contributed by atoms with Gasteiger partial charge in [0, 0.05) is 6.42 Å². The summed E-state index contributed by atoms with van der Waals surface area (Å²) in [6, 6.07) is -0.759. The molecule has 0 saturated carbocycles. The number of amides is 1. The summed E-state index contributed by atoms with van der Waals surface area (Å²) in [4.78, 5) is 23.2. The lowest BCUT2D eigenvalue weighted by Crippen LogP contribution is -2.46. The highest BCUT2D eigenvalue weighted by Crippen LogP contribution is 2.43. The number of unbranched alkanes of at least 4 members (excludes halogenated alkanes) is 32. The highest BCUT2D eigenvalue weighted by atomic mass is 31.2. The molecule has 3 atom stereocenters. The number of quaternary nitrogens is 1. The van der Waals surface area contributed by atoms with Gasteiger partial charge in [-0.05, 0) is 44.9 Å². The predicted molar refractivity (Wildman–Crippen MR) is 268 cm³/mol. The van der Waals surface area contributed by atoms with Crippen molar-refractivity contribution in [3.8, 4) is 0 Å². The number of allylic oxidation sites excluding steroid dienone is 4. The number of aliphatic hydroxyl groups excluding tert-OH is 1. The number of hydrogen-bond acceptors (Lipinski definition) is 5. The summed E-state index contributed by atoms with van der Waals surface area (Å²) in [6.45, 7) is 4.90. The summed E-state index contributed by atoms with van der Waals surface area (Å²) in [5, 5.41) is 14.0. The monoisotopic (exact) mass is 898 g/mol. The van der Waals surface area contributed by atoms with E-state index in [4.69, 9.17) is 9.05 Å². The van der Waals surface area contributed by atoms with Crippen LogP contribution in [0.4, 0.5) is 0 Å². The number of nitrogens with one attached hydrogen (secondary N) is 1. The molecule has 368 valence electrons. The molecule has 0 aromatic heterocycles. The number of aliphatic hydroxyl groups is 1. The standard InChI is InChI=1S/C53H105N2O6P/c1-6-8-10-12-14-16-18-20-21-22-23-24-25-26-27-28-29-30-31-32-33-35-37-39-41-43-45-47-53(57)54-51(50-61-62(58,59)60-49-48-55(3,4)5)52(56)46-44-42-40-38-36-34-19-17-15-13-11-9-7-2/h23-24,26-27,51-52,56H,6-22,25,28-50H2,1-5H3,(H-,54,57,58,59)/p+1/b24-23-,27-26-. The summed E-state index contributed by atoms with van der Waals surface area (Å²) in [6.07, 6.45) is 55.1. The Balaban J connectivity index is 4.12.